The molecule has 0 unspecified atom stereocenters. The average Bonchev–Trinajstić information content (AvgIpc) is 2.68. The minimum atomic E-state index is -0.495. The van der Waals surface area contributed by atoms with Gasteiger partial charge in [0.25, 0.3) is 11.6 Å². The number of carbonyl (C=O) groups excluding carboxylic acids is 1. The first-order chi connectivity index (χ1) is 13.0. The number of rotatable bonds is 6. The Morgan fingerprint density at radius 3 is 2.07 bits per heavy atom. The minimum absolute atomic E-state index is 0.0481. The lowest BCUT2D eigenvalue weighted by molar-refractivity contribution is -0.384. The summed E-state index contributed by atoms with van der Waals surface area (Å²) in [5, 5.41) is 15.1. The second-order valence-corrected chi connectivity index (χ2v) is 5.69. The molecule has 0 fully saturated rings. The first-order valence-corrected chi connectivity index (χ1v) is 8.18. The molecule has 0 saturated carbocycles. The summed E-state index contributed by atoms with van der Waals surface area (Å²) >= 11 is 0. The van der Waals surface area contributed by atoms with Crippen LogP contribution in [0, 0.1) is 10.1 Å². The number of hydroxylamine groups is 1. The Morgan fingerprint density at radius 2 is 1.52 bits per heavy atom. The van der Waals surface area contributed by atoms with E-state index in [0.29, 0.717) is 11.4 Å². The molecule has 27 heavy (non-hydrogen) atoms. The Labute approximate surface area is 155 Å². The van der Waals surface area contributed by atoms with Crippen LogP contribution in [0.3, 0.4) is 0 Å². The number of hydrogen-bond donors (Lipinski definition) is 1. The molecule has 136 valence electrons. The Balaban J connectivity index is 1.74. The summed E-state index contributed by atoms with van der Waals surface area (Å²) in [6.07, 6.45) is 0. The van der Waals surface area contributed by atoms with Crippen molar-refractivity contribution in [3.8, 4) is 5.75 Å². The van der Waals surface area contributed by atoms with E-state index in [4.69, 9.17) is 4.84 Å². The van der Waals surface area contributed by atoms with Crippen molar-refractivity contribution in [1.29, 1.82) is 0 Å². The molecular formula is C20H17N3O4. The number of non-ortho nitro benzene ring substituents is 1. The van der Waals surface area contributed by atoms with Gasteiger partial charge >= 0.3 is 0 Å². The van der Waals surface area contributed by atoms with Crippen LogP contribution in [-0.2, 0) is 4.79 Å². The molecule has 0 aliphatic carbocycles. The summed E-state index contributed by atoms with van der Waals surface area (Å²) in [5.41, 5.74) is 2.31. The number of hydrogen-bond acceptors (Lipinski definition) is 5. The van der Waals surface area contributed by atoms with Crippen LogP contribution in [0.1, 0.15) is 6.92 Å². The molecule has 3 aromatic carbocycles. The summed E-state index contributed by atoms with van der Waals surface area (Å²) in [7, 11) is 0. The van der Waals surface area contributed by atoms with Gasteiger partial charge in [-0.05, 0) is 48.5 Å². The van der Waals surface area contributed by atoms with Gasteiger partial charge in [-0.25, -0.2) is 0 Å². The smallest absolute Gasteiger partial charge is 0.269 e. The molecule has 0 bridgehead atoms. The summed E-state index contributed by atoms with van der Waals surface area (Å²) in [5.74, 6) is -0.000548. The molecule has 7 heteroatoms. The molecular weight excluding hydrogens is 346 g/mol. The molecule has 0 aliphatic rings. The number of carbonyl (C=O) groups is 1. The summed E-state index contributed by atoms with van der Waals surface area (Å²) in [4.78, 5) is 27.8. The monoisotopic (exact) mass is 363 g/mol. The normalized spacial score (nSPS) is 10.1. The van der Waals surface area contributed by atoms with Crippen LogP contribution in [-0.4, -0.2) is 10.8 Å². The van der Waals surface area contributed by atoms with Gasteiger partial charge in [0.05, 0.1) is 10.6 Å². The maximum atomic E-state index is 12.0. The third kappa shape index (κ3) is 4.60. The highest BCUT2D eigenvalue weighted by molar-refractivity contribution is 5.90. The van der Waals surface area contributed by atoms with Gasteiger partial charge in [-0.2, -0.15) is 0 Å². The van der Waals surface area contributed by atoms with Crippen LogP contribution in [0.5, 0.6) is 5.75 Å². The molecule has 3 aromatic rings. The fourth-order valence-corrected chi connectivity index (χ4v) is 2.40. The van der Waals surface area contributed by atoms with Crippen molar-refractivity contribution >= 4 is 28.7 Å². The molecule has 0 radical (unpaired) electrons. The van der Waals surface area contributed by atoms with Crippen LogP contribution in [0.4, 0.5) is 22.7 Å². The van der Waals surface area contributed by atoms with E-state index in [1.54, 1.807) is 12.1 Å². The Kier molecular flexibility index (Phi) is 5.32. The van der Waals surface area contributed by atoms with E-state index in [0.717, 1.165) is 16.4 Å². The largest absolute Gasteiger partial charge is 0.372 e. The molecule has 0 atom stereocenters. The van der Waals surface area contributed by atoms with E-state index in [1.807, 2.05) is 42.5 Å². The lowest BCUT2D eigenvalue weighted by Crippen LogP contribution is -2.32. The number of amides is 1. The quantitative estimate of drug-likeness (QED) is 0.507. The Hall–Kier alpha value is -3.87. The molecule has 0 saturated heterocycles. The van der Waals surface area contributed by atoms with Crippen LogP contribution < -0.4 is 15.2 Å². The van der Waals surface area contributed by atoms with E-state index >= 15 is 0 Å². The molecule has 0 aromatic heterocycles. The fourth-order valence-electron chi connectivity index (χ4n) is 2.40. The average molecular weight is 363 g/mol. The lowest BCUT2D eigenvalue weighted by Gasteiger charge is -2.21. The van der Waals surface area contributed by atoms with Crippen LogP contribution in [0.15, 0.2) is 78.9 Å². The molecule has 0 aliphatic heterocycles. The molecule has 3 rings (SSSR count). The highest BCUT2D eigenvalue weighted by Gasteiger charge is 2.15. The maximum absolute atomic E-state index is 12.0. The van der Waals surface area contributed by atoms with Gasteiger partial charge in [0.1, 0.15) is 0 Å². The fraction of sp³-hybridized carbons (Fsp3) is 0.0500. The third-order valence-corrected chi connectivity index (χ3v) is 3.69. The van der Waals surface area contributed by atoms with E-state index in [-0.39, 0.29) is 11.6 Å². The zero-order valence-corrected chi connectivity index (χ0v) is 14.5. The van der Waals surface area contributed by atoms with Crippen molar-refractivity contribution in [2.75, 3.05) is 10.4 Å². The van der Waals surface area contributed by atoms with Gasteiger partial charge in [0, 0.05) is 30.4 Å². The highest BCUT2D eigenvalue weighted by Crippen LogP contribution is 2.24. The molecule has 0 heterocycles. The maximum Gasteiger partial charge on any atom is 0.269 e. The van der Waals surface area contributed by atoms with E-state index in [2.05, 4.69) is 5.32 Å². The third-order valence-electron chi connectivity index (χ3n) is 3.69. The van der Waals surface area contributed by atoms with Crippen LogP contribution >= 0.6 is 0 Å². The van der Waals surface area contributed by atoms with Crippen molar-refractivity contribution in [2.45, 2.75) is 6.92 Å². The number of para-hydroxylation sites is 1. The van der Waals surface area contributed by atoms with Gasteiger partial charge < -0.3 is 10.2 Å². The number of nitrogens with one attached hydrogen (secondary N) is 1. The minimum Gasteiger partial charge on any atom is -0.372 e. The standard InChI is InChI=1S/C20H17N3O4/c1-15(24)22(27-20-13-11-19(12-14-20)23(25)26)18-9-7-17(8-10-18)21-16-5-3-2-4-6-16/h2-14,21H,1H3. The van der Waals surface area contributed by atoms with Crippen molar-refractivity contribution in [1.82, 2.24) is 0 Å². The van der Waals surface area contributed by atoms with Gasteiger partial charge in [-0.1, -0.05) is 18.2 Å². The first-order valence-electron chi connectivity index (χ1n) is 8.18. The number of nitro benzene ring substituents is 1. The zero-order chi connectivity index (χ0) is 19.2. The van der Waals surface area contributed by atoms with Crippen molar-refractivity contribution < 1.29 is 14.6 Å². The lowest BCUT2D eigenvalue weighted by atomic mass is 10.2. The molecule has 0 spiro atoms. The van der Waals surface area contributed by atoms with E-state index < -0.39 is 4.92 Å². The predicted molar refractivity (Wildman–Crippen MR) is 103 cm³/mol. The van der Waals surface area contributed by atoms with Gasteiger partial charge in [-0.3, -0.25) is 14.9 Å². The Morgan fingerprint density at radius 1 is 0.926 bits per heavy atom. The second kappa shape index (κ2) is 8.01. The van der Waals surface area contributed by atoms with Crippen molar-refractivity contribution in [2.24, 2.45) is 0 Å². The van der Waals surface area contributed by atoms with Gasteiger partial charge in [0.15, 0.2) is 5.75 Å². The number of anilines is 3. The summed E-state index contributed by atoms with van der Waals surface area (Å²) in [6, 6.07) is 22.4. The van der Waals surface area contributed by atoms with Crippen molar-refractivity contribution in [3.63, 3.8) is 0 Å². The number of benzene rings is 3. The predicted octanol–water partition coefficient (Wildman–Crippen LogP) is 4.69. The number of nitrogens with zero attached hydrogens (tertiary/aromatic N) is 2. The highest BCUT2D eigenvalue weighted by atomic mass is 16.7. The van der Waals surface area contributed by atoms with E-state index in [9.17, 15) is 14.9 Å². The summed E-state index contributed by atoms with van der Waals surface area (Å²) < 4.78 is 0. The molecule has 7 nitrogen and oxygen atoms in total. The van der Waals surface area contributed by atoms with Gasteiger partial charge in [-0.15, -0.1) is 5.06 Å². The topological polar surface area (TPSA) is 84.7 Å². The molecule has 1 N–H and O–H groups in total. The SMILES string of the molecule is CC(=O)N(Oc1ccc([N+](=O)[O-])cc1)c1ccc(Nc2ccccc2)cc1. The first kappa shape index (κ1) is 17.9. The Bertz CT molecular complexity index is 926. The van der Waals surface area contributed by atoms with Crippen LogP contribution in [0.25, 0.3) is 0 Å². The zero-order valence-electron chi connectivity index (χ0n) is 14.5. The second-order valence-electron chi connectivity index (χ2n) is 5.69. The van der Waals surface area contributed by atoms with Crippen LogP contribution in [0.2, 0.25) is 0 Å². The van der Waals surface area contributed by atoms with Crippen molar-refractivity contribution in [3.05, 3.63) is 89.0 Å². The summed E-state index contributed by atoms with van der Waals surface area (Å²) in [6.45, 7) is 1.38. The molecule has 1 amide bonds. The number of nitro groups is 1. The van der Waals surface area contributed by atoms with E-state index in [1.165, 1.54) is 31.2 Å². The van der Waals surface area contributed by atoms with Gasteiger partial charge in [0.2, 0.25) is 0 Å².